The smallest absolute Gasteiger partial charge is 0.307 e. The molecule has 1 fully saturated rings. The molecule has 1 aliphatic rings. The van der Waals surface area contributed by atoms with Crippen molar-refractivity contribution in [3.63, 3.8) is 0 Å². The van der Waals surface area contributed by atoms with Gasteiger partial charge in [-0.25, -0.2) is 0 Å². The first-order valence-electron chi connectivity index (χ1n) is 5.67. The van der Waals surface area contributed by atoms with Crippen molar-refractivity contribution in [1.82, 2.24) is 9.80 Å². The van der Waals surface area contributed by atoms with Crippen LogP contribution in [0.3, 0.4) is 0 Å². The zero-order valence-corrected chi connectivity index (χ0v) is 11.8. The summed E-state index contributed by atoms with van der Waals surface area (Å²) in [4.78, 5) is 37.9. The molecule has 0 spiro atoms. The van der Waals surface area contributed by atoms with Gasteiger partial charge < -0.3 is 4.74 Å². The van der Waals surface area contributed by atoms with Gasteiger partial charge in [-0.1, -0.05) is 11.8 Å². The van der Waals surface area contributed by atoms with Crippen LogP contribution in [0.5, 0.6) is 0 Å². The molecule has 0 bridgehead atoms. The van der Waals surface area contributed by atoms with Crippen LogP contribution >= 0.6 is 11.8 Å². The fourth-order valence-electron chi connectivity index (χ4n) is 1.50. The lowest BCUT2D eigenvalue weighted by atomic mass is 10.3. The molecular weight excluding hydrogens is 256 g/mol. The van der Waals surface area contributed by atoms with E-state index in [2.05, 4.69) is 0 Å². The zero-order valence-electron chi connectivity index (χ0n) is 11.0. The molecule has 0 N–H and O–H groups in total. The second-order valence-electron chi connectivity index (χ2n) is 4.60. The van der Waals surface area contributed by atoms with Gasteiger partial charge in [0.25, 0.3) is 5.24 Å². The van der Waals surface area contributed by atoms with Gasteiger partial charge in [-0.2, -0.15) is 0 Å². The van der Waals surface area contributed by atoms with Crippen molar-refractivity contribution in [2.75, 3.05) is 20.8 Å². The van der Waals surface area contributed by atoms with Crippen LogP contribution < -0.4 is 0 Å². The maximum Gasteiger partial charge on any atom is 0.307 e. The Kier molecular flexibility index (Phi) is 5.15. The summed E-state index contributed by atoms with van der Waals surface area (Å²) in [5.41, 5.74) is 0. The molecule has 1 heterocycles. The van der Waals surface area contributed by atoms with E-state index >= 15 is 0 Å². The molecule has 1 atom stereocenters. The zero-order chi connectivity index (χ0) is 13.9. The number of hydrogen-bond donors (Lipinski definition) is 0. The van der Waals surface area contributed by atoms with Crippen molar-refractivity contribution in [2.45, 2.75) is 31.6 Å². The molecule has 0 radical (unpaired) electrons. The van der Waals surface area contributed by atoms with Gasteiger partial charge in [-0.3, -0.25) is 24.2 Å². The SMILES string of the molecule is CC(C)OC(=O)CC1SC(=O)N(CN(C)C)C1=O. The van der Waals surface area contributed by atoms with Crippen LogP contribution in [0.4, 0.5) is 4.79 Å². The second-order valence-corrected chi connectivity index (χ2v) is 5.76. The molecule has 0 saturated carbocycles. The maximum absolute atomic E-state index is 11.9. The highest BCUT2D eigenvalue weighted by Crippen LogP contribution is 2.29. The van der Waals surface area contributed by atoms with E-state index in [1.807, 2.05) is 0 Å². The fourth-order valence-corrected chi connectivity index (χ4v) is 2.47. The van der Waals surface area contributed by atoms with E-state index in [-0.39, 0.29) is 30.3 Å². The number of hydrogen-bond acceptors (Lipinski definition) is 6. The topological polar surface area (TPSA) is 66.9 Å². The van der Waals surface area contributed by atoms with Crippen molar-refractivity contribution in [3.8, 4) is 0 Å². The number of ether oxygens (including phenoxy) is 1. The Labute approximate surface area is 111 Å². The summed E-state index contributed by atoms with van der Waals surface area (Å²) in [7, 11) is 3.54. The molecule has 0 aliphatic carbocycles. The van der Waals surface area contributed by atoms with Crippen LogP contribution in [0.25, 0.3) is 0 Å². The molecule has 7 heteroatoms. The third-order valence-electron chi connectivity index (χ3n) is 2.15. The average Bonchev–Trinajstić information content (AvgIpc) is 2.44. The number of imide groups is 1. The first kappa shape index (κ1) is 15.0. The largest absolute Gasteiger partial charge is 0.463 e. The Morgan fingerprint density at radius 3 is 2.56 bits per heavy atom. The second kappa shape index (κ2) is 6.19. The summed E-state index contributed by atoms with van der Waals surface area (Å²) >= 11 is 0.889. The van der Waals surface area contributed by atoms with Crippen molar-refractivity contribution in [3.05, 3.63) is 0 Å². The normalized spacial score (nSPS) is 20.1. The summed E-state index contributed by atoms with van der Waals surface area (Å²) in [6.07, 6.45) is -0.273. The van der Waals surface area contributed by atoms with Crippen LogP contribution in [-0.2, 0) is 14.3 Å². The molecule has 2 amide bonds. The summed E-state index contributed by atoms with van der Waals surface area (Å²) in [6.45, 7) is 3.72. The third-order valence-corrected chi connectivity index (χ3v) is 3.22. The van der Waals surface area contributed by atoms with Crippen molar-refractivity contribution in [2.24, 2.45) is 0 Å². The Morgan fingerprint density at radius 1 is 1.44 bits per heavy atom. The number of rotatable bonds is 5. The van der Waals surface area contributed by atoms with Gasteiger partial charge in [0.1, 0.15) is 5.25 Å². The lowest BCUT2D eigenvalue weighted by Crippen LogP contribution is -2.39. The molecule has 1 aliphatic heterocycles. The van der Waals surface area contributed by atoms with Crippen molar-refractivity contribution in [1.29, 1.82) is 0 Å². The van der Waals surface area contributed by atoms with Crippen LogP contribution in [0.15, 0.2) is 0 Å². The number of carbonyl (C=O) groups is 3. The number of nitrogens with zero attached hydrogens (tertiary/aromatic N) is 2. The van der Waals surface area contributed by atoms with E-state index in [4.69, 9.17) is 4.74 Å². The predicted octanol–water partition coefficient (Wildman–Crippen LogP) is 0.911. The molecule has 102 valence electrons. The van der Waals surface area contributed by atoms with E-state index in [0.717, 1.165) is 16.7 Å². The maximum atomic E-state index is 11.9. The molecule has 6 nitrogen and oxygen atoms in total. The Bertz CT molecular complexity index is 357. The molecule has 1 saturated heterocycles. The molecule has 0 aromatic heterocycles. The van der Waals surface area contributed by atoms with Crippen LogP contribution in [0.1, 0.15) is 20.3 Å². The minimum atomic E-state index is -0.649. The monoisotopic (exact) mass is 274 g/mol. The van der Waals surface area contributed by atoms with E-state index in [1.54, 1.807) is 32.8 Å². The number of carbonyl (C=O) groups excluding carboxylic acids is 3. The molecular formula is C11H18N2O4S. The minimum Gasteiger partial charge on any atom is -0.463 e. The van der Waals surface area contributed by atoms with Gasteiger partial charge in [-0.05, 0) is 27.9 Å². The van der Waals surface area contributed by atoms with Crippen LogP contribution in [0, 0.1) is 0 Å². The summed E-state index contributed by atoms with van der Waals surface area (Å²) < 4.78 is 4.97. The molecule has 0 aromatic rings. The highest BCUT2D eigenvalue weighted by molar-refractivity contribution is 8.15. The van der Waals surface area contributed by atoms with Gasteiger partial charge in [0.05, 0.1) is 19.2 Å². The number of amides is 2. The number of esters is 1. The molecule has 1 unspecified atom stereocenters. The quantitative estimate of drug-likeness (QED) is 0.694. The highest BCUT2D eigenvalue weighted by atomic mass is 32.2. The minimum absolute atomic E-state index is 0.0582. The van der Waals surface area contributed by atoms with E-state index in [0.29, 0.717) is 0 Å². The third kappa shape index (κ3) is 3.99. The van der Waals surface area contributed by atoms with Gasteiger partial charge in [0.15, 0.2) is 0 Å². The molecule has 1 rings (SSSR count). The van der Waals surface area contributed by atoms with Gasteiger partial charge >= 0.3 is 5.97 Å². The standard InChI is InChI=1S/C11H18N2O4S/c1-7(2)17-9(14)5-8-10(15)13(6-12(3)4)11(16)18-8/h7-8H,5-6H2,1-4H3. The summed E-state index contributed by atoms with van der Waals surface area (Å²) in [5.74, 6) is -0.769. The van der Waals surface area contributed by atoms with Crippen LogP contribution in [-0.4, -0.2) is 59.0 Å². The molecule has 18 heavy (non-hydrogen) atoms. The molecule has 0 aromatic carbocycles. The van der Waals surface area contributed by atoms with E-state index in [1.165, 1.54) is 0 Å². The summed E-state index contributed by atoms with van der Waals surface area (Å²) in [6, 6.07) is 0. The lowest BCUT2D eigenvalue weighted by Gasteiger charge is -2.18. The predicted molar refractivity (Wildman–Crippen MR) is 68.0 cm³/mol. The van der Waals surface area contributed by atoms with Crippen LogP contribution in [0.2, 0.25) is 0 Å². The first-order chi connectivity index (χ1) is 8.31. The lowest BCUT2D eigenvalue weighted by molar-refractivity contribution is -0.148. The fraction of sp³-hybridized carbons (Fsp3) is 0.727. The first-order valence-corrected chi connectivity index (χ1v) is 6.55. The van der Waals surface area contributed by atoms with Crippen molar-refractivity contribution < 1.29 is 19.1 Å². The Balaban J connectivity index is 2.57. The van der Waals surface area contributed by atoms with E-state index in [9.17, 15) is 14.4 Å². The highest BCUT2D eigenvalue weighted by Gasteiger charge is 2.41. The van der Waals surface area contributed by atoms with Gasteiger partial charge in [-0.15, -0.1) is 0 Å². The van der Waals surface area contributed by atoms with Gasteiger partial charge in [0.2, 0.25) is 5.91 Å². The van der Waals surface area contributed by atoms with E-state index < -0.39 is 11.2 Å². The van der Waals surface area contributed by atoms with Gasteiger partial charge in [0, 0.05) is 0 Å². The average molecular weight is 274 g/mol. The Morgan fingerprint density at radius 2 is 2.06 bits per heavy atom. The van der Waals surface area contributed by atoms with Crippen molar-refractivity contribution >= 4 is 28.9 Å². The summed E-state index contributed by atoms with van der Waals surface area (Å²) in [5, 5.41) is -0.959. The number of thioether (sulfide) groups is 1. The Hall–Kier alpha value is -1.08.